The van der Waals surface area contributed by atoms with Crippen LogP contribution in [0.5, 0.6) is 0 Å². The zero-order valence-electron chi connectivity index (χ0n) is 16.6. The first-order valence-corrected chi connectivity index (χ1v) is 10.8. The van der Waals surface area contributed by atoms with Gasteiger partial charge >= 0.3 is 13.5 Å². The van der Waals surface area contributed by atoms with Crippen LogP contribution in [0.25, 0.3) is 11.0 Å². The van der Waals surface area contributed by atoms with Crippen molar-refractivity contribution < 1.29 is 33.8 Å². The number of phosphoric ester groups is 1. The number of hydrogen-bond donors (Lipinski definition) is 5. The third kappa shape index (κ3) is 4.54. The van der Waals surface area contributed by atoms with Crippen LogP contribution in [0, 0.1) is 6.92 Å². The van der Waals surface area contributed by atoms with Gasteiger partial charge in [-0.25, -0.2) is 9.36 Å². The molecular weight excluding hydrogens is 421 g/mol. The van der Waals surface area contributed by atoms with Gasteiger partial charge in [0.05, 0.1) is 11.7 Å². The molecule has 1 aliphatic heterocycles. The Balaban J connectivity index is 1.93. The van der Waals surface area contributed by atoms with Crippen molar-refractivity contribution in [1.29, 1.82) is 0 Å². The summed E-state index contributed by atoms with van der Waals surface area (Å²) in [5.74, 6) is 0. The maximum atomic E-state index is 12.5. The van der Waals surface area contributed by atoms with Crippen LogP contribution in [0.15, 0.2) is 21.9 Å². The molecule has 0 aliphatic carbocycles. The second-order valence-electron chi connectivity index (χ2n) is 7.65. The molecule has 13 heteroatoms. The Labute approximate surface area is 170 Å². The summed E-state index contributed by atoms with van der Waals surface area (Å²) >= 11 is 0. The van der Waals surface area contributed by atoms with E-state index in [4.69, 9.17) is 19.0 Å². The van der Waals surface area contributed by atoms with Gasteiger partial charge < -0.3 is 29.7 Å². The first-order valence-electron chi connectivity index (χ1n) is 9.24. The Kier molecular flexibility index (Phi) is 6.04. The number of nitrogens with one attached hydrogen (secondary N) is 1. The van der Waals surface area contributed by atoms with Crippen LogP contribution in [0.3, 0.4) is 0 Å². The third-order valence-electron chi connectivity index (χ3n) is 5.30. The Morgan fingerprint density at radius 2 is 2.00 bits per heavy atom. The van der Waals surface area contributed by atoms with E-state index in [1.807, 2.05) is 0 Å². The lowest BCUT2D eigenvalue weighted by Gasteiger charge is -2.31. The molecule has 0 bridgehead atoms. The Hall–Kier alpha value is -1.92. The van der Waals surface area contributed by atoms with Crippen LogP contribution in [-0.2, 0) is 13.8 Å². The number of pyridine rings is 1. The number of aromatic nitrogens is 3. The molecule has 0 saturated carbocycles. The SMILES string of the molecule is CCC(C)(C[C@H]1O[C@@H](n2cc3c(C)cc(=O)[nH]c3nc2=O)[C@@H](O)C1O)OP(=O)(O)O. The monoisotopic (exact) mass is 445 g/mol. The van der Waals surface area contributed by atoms with Gasteiger partial charge in [-0.3, -0.25) is 13.9 Å². The number of H-pyrrole nitrogens is 1. The molecule has 3 rings (SSSR count). The summed E-state index contributed by atoms with van der Waals surface area (Å²) in [6.07, 6.45) is -3.91. The Bertz CT molecular complexity index is 1110. The molecule has 5 atom stereocenters. The summed E-state index contributed by atoms with van der Waals surface area (Å²) < 4.78 is 22.8. The van der Waals surface area contributed by atoms with Gasteiger partial charge in [-0.2, -0.15) is 4.98 Å². The molecule has 0 amide bonds. The number of ether oxygens (including phenoxy) is 1. The predicted octanol–water partition coefficient (Wildman–Crippen LogP) is -0.319. The predicted molar refractivity (Wildman–Crippen MR) is 104 cm³/mol. The average Bonchev–Trinajstić information content (AvgIpc) is 2.87. The second kappa shape index (κ2) is 7.97. The summed E-state index contributed by atoms with van der Waals surface area (Å²) in [7, 11) is -4.81. The fraction of sp³-hybridized carbons (Fsp3) is 0.588. The van der Waals surface area contributed by atoms with Gasteiger partial charge in [0.1, 0.15) is 17.9 Å². The minimum Gasteiger partial charge on any atom is -0.388 e. The van der Waals surface area contributed by atoms with E-state index in [9.17, 15) is 24.4 Å². The van der Waals surface area contributed by atoms with E-state index >= 15 is 0 Å². The molecule has 2 unspecified atom stereocenters. The minimum atomic E-state index is -4.81. The number of phosphoric acid groups is 1. The van der Waals surface area contributed by atoms with Crippen molar-refractivity contribution in [2.75, 3.05) is 0 Å². The lowest BCUT2D eigenvalue weighted by molar-refractivity contribution is -0.0707. The van der Waals surface area contributed by atoms with Crippen molar-refractivity contribution in [3.8, 4) is 0 Å². The molecule has 2 aromatic rings. The number of nitrogens with zero attached hydrogens (tertiary/aromatic N) is 2. The standard InChI is InChI=1S/C17H24N3O9P/c1-4-17(3,29-30(25,26)27)6-10-12(22)13(23)15(28-10)20-7-9-8(2)5-11(21)18-14(9)19-16(20)24/h5,7,10,12-13,15,22-23H,4,6H2,1-3H3,(H2,25,26,27)(H,18,19,21,24)/t10-,12?,13+,15-,17?/m1/s1. The lowest BCUT2D eigenvalue weighted by Crippen LogP contribution is -2.38. The largest absolute Gasteiger partial charge is 0.470 e. The van der Waals surface area contributed by atoms with Crippen molar-refractivity contribution in [2.24, 2.45) is 0 Å². The van der Waals surface area contributed by atoms with Crippen LogP contribution in [0.2, 0.25) is 0 Å². The van der Waals surface area contributed by atoms with Crippen LogP contribution >= 0.6 is 7.82 Å². The number of hydrogen-bond acceptors (Lipinski definition) is 8. The van der Waals surface area contributed by atoms with Gasteiger partial charge in [-0.15, -0.1) is 0 Å². The summed E-state index contributed by atoms with van der Waals surface area (Å²) in [4.78, 5) is 48.6. The average molecular weight is 445 g/mol. The van der Waals surface area contributed by atoms with Gasteiger partial charge in [0, 0.05) is 24.1 Å². The van der Waals surface area contributed by atoms with Gasteiger partial charge in [-0.1, -0.05) is 6.92 Å². The molecule has 1 fully saturated rings. The summed E-state index contributed by atoms with van der Waals surface area (Å²) in [5.41, 5.74) is -1.94. The van der Waals surface area contributed by atoms with Gasteiger partial charge in [0.25, 0.3) is 0 Å². The zero-order valence-corrected chi connectivity index (χ0v) is 17.4. The summed E-state index contributed by atoms with van der Waals surface area (Å²) in [5, 5.41) is 21.4. The van der Waals surface area contributed by atoms with Gasteiger partial charge in [0.2, 0.25) is 5.56 Å². The maximum Gasteiger partial charge on any atom is 0.470 e. The van der Waals surface area contributed by atoms with E-state index in [2.05, 4.69) is 9.97 Å². The molecule has 0 aromatic carbocycles. The molecule has 166 valence electrons. The first kappa shape index (κ1) is 22.8. The minimum absolute atomic E-state index is 0.0828. The molecule has 12 nitrogen and oxygen atoms in total. The van der Waals surface area contributed by atoms with Crippen molar-refractivity contribution in [2.45, 2.75) is 63.8 Å². The van der Waals surface area contributed by atoms with Crippen LogP contribution < -0.4 is 11.2 Å². The molecule has 1 saturated heterocycles. The first-order chi connectivity index (χ1) is 13.8. The number of aromatic amines is 1. The third-order valence-corrected chi connectivity index (χ3v) is 5.98. The van der Waals surface area contributed by atoms with E-state index in [0.29, 0.717) is 10.9 Å². The van der Waals surface area contributed by atoms with Crippen LogP contribution in [0.1, 0.15) is 38.5 Å². The van der Waals surface area contributed by atoms with E-state index in [0.717, 1.165) is 4.57 Å². The van der Waals surface area contributed by atoms with Crippen LogP contribution in [-0.4, -0.2) is 58.4 Å². The number of aryl methyl sites for hydroxylation is 1. The van der Waals surface area contributed by atoms with E-state index in [1.165, 1.54) is 19.2 Å². The van der Waals surface area contributed by atoms with Crippen LogP contribution in [0.4, 0.5) is 0 Å². The lowest BCUT2D eigenvalue weighted by atomic mass is 9.93. The van der Waals surface area contributed by atoms with E-state index in [1.54, 1.807) is 13.8 Å². The van der Waals surface area contributed by atoms with Crippen molar-refractivity contribution in [3.63, 3.8) is 0 Å². The maximum absolute atomic E-state index is 12.5. The van der Waals surface area contributed by atoms with E-state index < -0.39 is 49.2 Å². The number of rotatable bonds is 6. The second-order valence-corrected chi connectivity index (χ2v) is 8.81. The smallest absolute Gasteiger partial charge is 0.388 e. The fourth-order valence-electron chi connectivity index (χ4n) is 3.55. The molecule has 0 spiro atoms. The summed E-state index contributed by atoms with van der Waals surface area (Å²) in [6.45, 7) is 4.75. The fourth-order valence-corrected chi connectivity index (χ4v) is 4.33. The molecule has 3 heterocycles. The Morgan fingerprint density at radius 1 is 1.33 bits per heavy atom. The van der Waals surface area contributed by atoms with Crippen molar-refractivity contribution >= 4 is 18.9 Å². The number of aliphatic hydroxyl groups is 2. The molecule has 5 N–H and O–H groups in total. The molecule has 0 radical (unpaired) electrons. The molecule has 30 heavy (non-hydrogen) atoms. The molecule has 2 aromatic heterocycles. The number of aliphatic hydroxyl groups excluding tert-OH is 2. The van der Waals surface area contributed by atoms with Crippen molar-refractivity contribution in [3.05, 3.63) is 38.7 Å². The normalized spacial score (nSPS) is 26.8. The highest BCUT2D eigenvalue weighted by atomic mass is 31.2. The number of fused-ring (bicyclic) bond motifs is 1. The highest BCUT2D eigenvalue weighted by Crippen LogP contribution is 2.45. The Morgan fingerprint density at radius 3 is 2.60 bits per heavy atom. The molecule has 1 aliphatic rings. The highest BCUT2D eigenvalue weighted by molar-refractivity contribution is 7.46. The van der Waals surface area contributed by atoms with Gasteiger partial charge in [-0.05, 0) is 25.8 Å². The molecular formula is C17H24N3O9P. The zero-order chi connectivity index (χ0) is 22.4. The highest BCUT2D eigenvalue weighted by Gasteiger charge is 2.47. The quantitative estimate of drug-likeness (QED) is 0.369. The van der Waals surface area contributed by atoms with Crippen molar-refractivity contribution in [1.82, 2.24) is 14.5 Å². The van der Waals surface area contributed by atoms with E-state index in [-0.39, 0.29) is 18.5 Å². The summed E-state index contributed by atoms with van der Waals surface area (Å²) in [6, 6.07) is 1.33. The topological polar surface area (TPSA) is 184 Å². The van der Waals surface area contributed by atoms with Gasteiger partial charge in [0.15, 0.2) is 6.23 Å².